The predicted octanol–water partition coefficient (Wildman–Crippen LogP) is -0.585. The molecule has 0 aromatic heterocycles. The maximum absolute atomic E-state index is 9.63. The summed E-state index contributed by atoms with van der Waals surface area (Å²) < 4.78 is 4.80. The number of hydrogen-bond acceptors (Lipinski definition) is 6. The molecule has 0 aromatic rings. The molecule has 16 heavy (non-hydrogen) atoms. The first kappa shape index (κ1) is 12.5. The van der Waals surface area contributed by atoms with Crippen molar-refractivity contribution in [2.45, 2.75) is 30.6 Å². The fourth-order valence-corrected chi connectivity index (χ4v) is 1.39. The molecule has 88 valence electrons. The van der Waals surface area contributed by atoms with Crippen molar-refractivity contribution < 1.29 is 20.1 Å². The summed E-state index contributed by atoms with van der Waals surface area (Å²) in [5.74, 6) is 0. The van der Waals surface area contributed by atoms with Gasteiger partial charge in [-0.05, 0) is 11.1 Å². The van der Waals surface area contributed by atoms with Gasteiger partial charge in [-0.25, -0.2) is 0 Å². The van der Waals surface area contributed by atoms with Gasteiger partial charge < -0.3 is 20.1 Å². The topological polar surface area (TPSA) is 167 Å². The lowest BCUT2D eigenvalue weighted by atomic mass is 9.97. The van der Waals surface area contributed by atoms with Crippen LogP contribution >= 0.6 is 0 Å². The van der Waals surface area contributed by atoms with Crippen LogP contribution in [0, 0.1) is 0 Å². The third-order valence-corrected chi connectivity index (χ3v) is 2.20. The van der Waals surface area contributed by atoms with E-state index in [4.69, 9.17) is 15.8 Å². The standard InChI is InChI=1S/C6H10N6O4/c7-11-9-1-2-4(13)3(10-12-8)5(14)6(15)16-2/h2-6,13-15H,1H2/t2-,3+,4-,5-,6+/m1/s1. The molecule has 0 aromatic carbocycles. The average molecular weight is 230 g/mol. The van der Waals surface area contributed by atoms with Crippen LogP contribution in [0.25, 0.3) is 20.9 Å². The SMILES string of the molecule is [N-]=[N+]=NC[C@H]1O[C@H](O)[C@H](O)[C@@H](N=[N+]=[N-])[C@@H]1O. The summed E-state index contributed by atoms with van der Waals surface area (Å²) in [4.78, 5) is 4.91. The molecule has 10 heteroatoms. The van der Waals surface area contributed by atoms with E-state index in [9.17, 15) is 15.3 Å². The Balaban J connectivity index is 2.83. The maximum atomic E-state index is 9.63. The number of ether oxygens (including phenoxy) is 1. The molecule has 1 fully saturated rings. The summed E-state index contributed by atoms with van der Waals surface area (Å²) in [5, 5.41) is 34.6. The highest BCUT2D eigenvalue weighted by molar-refractivity contribution is 4.94. The number of aliphatic hydroxyl groups excluding tert-OH is 3. The molecule has 0 spiro atoms. The molecule has 5 atom stereocenters. The molecule has 10 nitrogen and oxygen atoms in total. The van der Waals surface area contributed by atoms with Gasteiger partial charge in [0.2, 0.25) is 0 Å². The number of rotatable bonds is 3. The Morgan fingerprint density at radius 2 is 1.81 bits per heavy atom. The molecule has 1 aliphatic rings. The van der Waals surface area contributed by atoms with Crippen molar-refractivity contribution in [3.8, 4) is 0 Å². The second-order valence-electron chi connectivity index (χ2n) is 3.16. The highest BCUT2D eigenvalue weighted by atomic mass is 16.6. The van der Waals surface area contributed by atoms with Gasteiger partial charge in [0.25, 0.3) is 0 Å². The summed E-state index contributed by atoms with van der Waals surface area (Å²) in [5.41, 5.74) is 16.3. The van der Waals surface area contributed by atoms with Crippen LogP contribution in [-0.2, 0) is 4.74 Å². The zero-order valence-corrected chi connectivity index (χ0v) is 8.03. The lowest BCUT2D eigenvalue weighted by molar-refractivity contribution is -0.249. The first-order valence-electron chi connectivity index (χ1n) is 4.36. The minimum absolute atomic E-state index is 0.237. The summed E-state index contributed by atoms with van der Waals surface area (Å²) in [6, 6.07) is -1.24. The van der Waals surface area contributed by atoms with E-state index in [0.717, 1.165) is 0 Å². The van der Waals surface area contributed by atoms with Crippen molar-refractivity contribution in [2.24, 2.45) is 10.2 Å². The lowest BCUT2D eigenvalue weighted by Gasteiger charge is -2.38. The largest absolute Gasteiger partial charge is 0.390 e. The molecule has 0 saturated carbocycles. The van der Waals surface area contributed by atoms with E-state index in [1.807, 2.05) is 0 Å². The van der Waals surface area contributed by atoms with E-state index in [-0.39, 0.29) is 6.54 Å². The van der Waals surface area contributed by atoms with Crippen molar-refractivity contribution in [3.05, 3.63) is 20.9 Å². The molecule has 0 aliphatic carbocycles. The van der Waals surface area contributed by atoms with E-state index in [2.05, 4.69) is 20.1 Å². The summed E-state index contributed by atoms with van der Waals surface area (Å²) in [7, 11) is 0. The second-order valence-corrected chi connectivity index (χ2v) is 3.16. The predicted molar refractivity (Wildman–Crippen MR) is 49.8 cm³/mol. The normalized spacial score (nSPS) is 38.3. The quantitative estimate of drug-likeness (QED) is 0.335. The Bertz CT molecular complexity index is 338. The van der Waals surface area contributed by atoms with Gasteiger partial charge in [0, 0.05) is 9.82 Å². The summed E-state index contributed by atoms with van der Waals surface area (Å²) in [6.45, 7) is -0.237. The highest BCUT2D eigenvalue weighted by Gasteiger charge is 2.43. The Hall–Kier alpha value is -1.54. The molecule has 1 heterocycles. The molecule has 0 radical (unpaired) electrons. The van der Waals surface area contributed by atoms with Crippen molar-refractivity contribution in [1.82, 2.24) is 0 Å². The third kappa shape index (κ3) is 2.52. The lowest BCUT2D eigenvalue weighted by Crippen LogP contribution is -2.57. The number of nitrogens with zero attached hydrogens (tertiary/aromatic N) is 6. The number of hydrogen-bond donors (Lipinski definition) is 3. The zero-order chi connectivity index (χ0) is 12.1. The van der Waals surface area contributed by atoms with Gasteiger partial charge in [0.05, 0.1) is 24.8 Å². The minimum atomic E-state index is -1.60. The molecule has 3 N–H and O–H groups in total. The van der Waals surface area contributed by atoms with E-state index in [0.29, 0.717) is 0 Å². The van der Waals surface area contributed by atoms with Crippen LogP contribution < -0.4 is 0 Å². The fourth-order valence-electron chi connectivity index (χ4n) is 1.39. The van der Waals surface area contributed by atoms with Crippen LogP contribution in [0.4, 0.5) is 0 Å². The summed E-state index contributed by atoms with van der Waals surface area (Å²) in [6.07, 6.45) is -5.49. The van der Waals surface area contributed by atoms with Crippen LogP contribution in [0.5, 0.6) is 0 Å². The molecular formula is C6H10N6O4. The second kappa shape index (κ2) is 5.52. The van der Waals surface area contributed by atoms with E-state index in [1.165, 1.54) is 0 Å². The first-order valence-corrected chi connectivity index (χ1v) is 4.36. The molecule has 1 rings (SSSR count). The Labute approximate surface area is 89.3 Å². The van der Waals surface area contributed by atoms with Gasteiger partial charge in [-0.3, -0.25) is 0 Å². The van der Waals surface area contributed by atoms with Gasteiger partial charge in [-0.15, -0.1) is 0 Å². The molecule has 1 aliphatic heterocycles. The van der Waals surface area contributed by atoms with Crippen molar-refractivity contribution >= 4 is 0 Å². The number of azide groups is 2. The molecule has 0 unspecified atom stereocenters. The van der Waals surface area contributed by atoms with Crippen molar-refractivity contribution in [2.75, 3.05) is 6.54 Å². The van der Waals surface area contributed by atoms with Crippen molar-refractivity contribution in [3.63, 3.8) is 0 Å². The zero-order valence-electron chi connectivity index (χ0n) is 8.03. The Kier molecular flexibility index (Phi) is 4.32. The van der Waals surface area contributed by atoms with Crippen LogP contribution in [-0.4, -0.2) is 52.5 Å². The fraction of sp³-hybridized carbons (Fsp3) is 1.00. The molecule has 0 bridgehead atoms. The smallest absolute Gasteiger partial charge is 0.181 e. The number of aliphatic hydroxyl groups is 3. The molecule has 1 saturated heterocycles. The van der Waals surface area contributed by atoms with E-state index in [1.54, 1.807) is 0 Å². The average Bonchev–Trinajstić information content (AvgIpc) is 2.27. The third-order valence-electron chi connectivity index (χ3n) is 2.20. The first-order chi connectivity index (χ1) is 7.61. The minimum Gasteiger partial charge on any atom is -0.390 e. The van der Waals surface area contributed by atoms with Crippen LogP contribution in [0.3, 0.4) is 0 Å². The van der Waals surface area contributed by atoms with Crippen LogP contribution in [0.15, 0.2) is 10.2 Å². The molecular weight excluding hydrogens is 220 g/mol. The van der Waals surface area contributed by atoms with Crippen LogP contribution in [0.1, 0.15) is 0 Å². The van der Waals surface area contributed by atoms with Crippen molar-refractivity contribution in [1.29, 1.82) is 0 Å². The maximum Gasteiger partial charge on any atom is 0.181 e. The van der Waals surface area contributed by atoms with E-state index < -0.39 is 30.6 Å². The molecule has 0 amide bonds. The van der Waals surface area contributed by atoms with Gasteiger partial charge in [-0.1, -0.05) is 10.2 Å². The van der Waals surface area contributed by atoms with Gasteiger partial charge in [0.1, 0.15) is 6.10 Å². The monoisotopic (exact) mass is 230 g/mol. The Morgan fingerprint density at radius 3 is 2.38 bits per heavy atom. The van der Waals surface area contributed by atoms with E-state index >= 15 is 0 Å². The van der Waals surface area contributed by atoms with Gasteiger partial charge in [0.15, 0.2) is 6.29 Å². The Morgan fingerprint density at radius 1 is 1.12 bits per heavy atom. The highest BCUT2D eigenvalue weighted by Crippen LogP contribution is 2.22. The van der Waals surface area contributed by atoms with Gasteiger partial charge in [-0.2, -0.15) is 0 Å². The summed E-state index contributed by atoms with van der Waals surface area (Å²) >= 11 is 0. The van der Waals surface area contributed by atoms with Gasteiger partial charge >= 0.3 is 0 Å². The van der Waals surface area contributed by atoms with Crippen LogP contribution in [0.2, 0.25) is 0 Å².